The second-order valence-electron chi connectivity index (χ2n) is 8.19. The fourth-order valence-corrected chi connectivity index (χ4v) is 4.06. The lowest BCUT2D eigenvalue weighted by Gasteiger charge is -2.39. The molecule has 0 bridgehead atoms. The maximum Gasteiger partial charge on any atom is 0.321 e. The molecule has 2 aromatic carbocycles. The number of ether oxygens (including phenoxy) is 2. The van der Waals surface area contributed by atoms with Gasteiger partial charge in [0.2, 0.25) is 5.88 Å². The molecular formula is C26H28F2N4O3. The van der Waals surface area contributed by atoms with Crippen molar-refractivity contribution < 1.29 is 23.0 Å². The summed E-state index contributed by atoms with van der Waals surface area (Å²) in [6.45, 7) is 3.10. The molecule has 0 unspecified atom stereocenters. The Balaban J connectivity index is 1.38. The SMILES string of the molecule is COCCOc1ccc(NC(=O)N2CCN(C(c3ccc(F)cc3)c3ccc(F)cc3)CC2)cn1. The normalized spacial score (nSPS) is 14.2. The molecule has 1 aliphatic heterocycles. The van der Waals surface area contributed by atoms with Gasteiger partial charge in [-0.2, -0.15) is 0 Å². The van der Waals surface area contributed by atoms with Gasteiger partial charge in [0.05, 0.1) is 24.5 Å². The maximum absolute atomic E-state index is 13.5. The van der Waals surface area contributed by atoms with Gasteiger partial charge in [-0.15, -0.1) is 0 Å². The fourth-order valence-electron chi connectivity index (χ4n) is 4.06. The van der Waals surface area contributed by atoms with Gasteiger partial charge in [0.1, 0.15) is 18.2 Å². The molecule has 0 radical (unpaired) electrons. The minimum atomic E-state index is -0.308. The van der Waals surface area contributed by atoms with E-state index in [-0.39, 0.29) is 23.7 Å². The molecule has 0 aliphatic carbocycles. The first kappa shape index (κ1) is 24.6. The molecule has 7 nitrogen and oxygen atoms in total. The van der Waals surface area contributed by atoms with E-state index in [1.807, 2.05) is 0 Å². The summed E-state index contributed by atoms with van der Waals surface area (Å²) in [5.74, 6) is -0.157. The van der Waals surface area contributed by atoms with Crippen LogP contribution in [-0.2, 0) is 4.74 Å². The number of amides is 2. The van der Waals surface area contributed by atoms with E-state index in [0.29, 0.717) is 51.0 Å². The summed E-state index contributed by atoms with van der Waals surface area (Å²) < 4.78 is 37.4. The van der Waals surface area contributed by atoms with Gasteiger partial charge in [0, 0.05) is 39.4 Å². The molecule has 1 aromatic heterocycles. The Kier molecular flexibility index (Phi) is 8.23. The number of aromatic nitrogens is 1. The van der Waals surface area contributed by atoms with Crippen molar-refractivity contribution in [1.82, 2.24) is 14.8 Å². The van der Waals surface area contributed by atoms with Crippen LogP contribution in [0, 0.1) is 11.6 Å². The lowest BCUT2D eigenvalue weighted by atomic mass is 9.96. The van der Waals surface area contributed by atoms with Crippen molar-refractivity contribution in [3.8, 4) is 5.88 Å². The van der Waals surface area contributed by atoms with E-state index >= 15 is 0 Å². The van der Waals surface area contributed by atoms with Crippen molar-refractivity contribution in [1.29, 1.82) is 0 Å². The predicted octanol–water partition coefficient (Wildman–Crippen LogP) is 4.32. The first-order chi connectivity index (χ1) is 17.0. The average Bonchev–Trinajstić information content (AvgIpc) is 2.88. The van der Waals surface area contributed by atoms with E-state index in [1.165, 1.54) is 24.3 Å². The van der Waals surface area contributed by atoms with E-state index in [9.17, 15) is 13.6 Å². The molecule has 2 amide bonds. The highest BCUT2D eigenvalue weighted by Crippen LogP contribution is 2.30. The highest BCUT2D eigenvalue weighted by molar-refractivity contribution is 5.89. The van der Waals surface area contributed by atoms with Crippen molar-refractivity contribution in [3.05, 3.63) is 89.6 Å². The molecular weight excluding hydrogens is 454 g/mol. The summed E-state index contributed by atoms with van der Waals surface area (Å²) in [7, 11) is 1.60. The number of piperazine rings is 1. The van der Waals surface area contributed by atoms with Gasteiger partial charge in [0.15, 0.2) is 0 Å². The number of benzene rings is 2. The number of carbonyl (C=O) groups is 1. The monoisotopic (exact) mass is 482 g/mol. The van der Waals surface area contributed by atoms with Crippen molar-refractivity contribution in [2.75, 3.05) is 51.8 Å². The zero-order valence-corrected chi connectivity index (χ0v) is 19.5. The lowest BCUT2D eigenvalue weighted by Crippen LogP contribution is -2.51. The van der Waals surface area contributed by atoms with E-state index in [1.54, 1.807) is 54.6 Å². The minimum Gasteiger partial charge on any atom is -0.475 e. The van der Waals surface area contributed by atoms with Crippen LogP contribution in [0.15, 0.2) is 66.9 Å². The molecule has 184 valence electrons. The van der Waals surface area contributed by atoms with Crippen LogP contribution in [0.4, 0.5) is 19.3 Å². The highest BCUT2D eigenvalue weighted by atomic mass is 19.1. The standard InChI is InChI=1S/C26H28F2N4O3/c1-34-16-17-35-24-11-10-23(18-29-24)30-26(33)32-14-12-31(13-15-32)25(19-2-6-21(27)7-3-19)20-4-8-22(28)9-5-20/h2-11,18,25H,12-17H2,1H3,(H,30,33). The molecule has 4 rings (SSSR count). The number of urea groups is 1. The molecule has 1 N–H and O–H groups in total. The first-order valence-electron chi connectivity index (χ1n) is 11.4. The van der Waals surface area contributed by atoms with Gasteiger partial charge in [0.25, 0.3) is 0 Å². The van der Waals surface area contributed by atoms with E-state index in [4.69, 9.17) is 9.47 Å². The van der Waals surface area contributed by atoms with Gasteiger partial charge in [-0.05, 0) is 41.5 Å². The molecule has 0 atom stereocenters. The largest absolute Gasteiger partial charge is 0.475 e. The Morgan fingerprint density at radius 3 is 2.03 bits per heavy atom. The van der Waals surface area contributed by atoms with Crippen LogP contribution >= 0.6 is 0 Å². The Hall–Kier alpha value is -3.56. The summed E-state index contributed by atoms with van der Waals surface area (Å²) >= 11 is 0. The predicted molar refractivity (Wildman–Crippen MR) is 128 cm³/mol. The molecule has 1 fully saturated rings. The average molecular weight is 483 g/mol. The van der Waals surface area contributed by atoms with Crippen LogP contribution in [0.25, 0.3) is 0 Å². The van der Waals surface area contributed by atoms with Crippen molar-refractivity contribution in [2.24, 2.45) is 0 Å². The number of hydrogen-bond donors (Lipinski definition) is 1. The number of pyridine rings is 1. The number of carbonyl (C=O) groups excluding carboxylic acids is 1. The number of hydrogen-bond acceptors (Lipinski definition) is 5. The lowest BCUT2D eigenvalue weighted by molar-refractivity contribution is 0.126. The van der Waals surface area contributed by atoms with Gasteiger partial charge in [-0.1, -0.05) is 24.3 Å². The number of methoxy groups -OCH3 is 1. The van der Waals surface area contributed by atoms with Gasteiger partial charge >= 0.3 is 6.03 Å². The molecule has 9 heteroatoms. The topological polar surface area (TPSA) is 66.9 Å². The highest BCUT2D eigenvalue weighted by Gasteiger charge is 2.28. The van der Waals surface area contributed by atoms with Crippen molar-refractivity contribution in [2.45, 2.75) is 6.04 Å². The van der Waals surface area contributed by atoms with Crippen LogP contribution < -0.4 is 10.1 Å². The van der Waals surface area contributed by atoms with Crippen LogP contribution in [0.5, 0.6) is 5.88 Å². The van der Waals surface area contributed by atoms with Gasteiger partial charge in [-0.3, -0.25) is 4.90 Å². The zero-order chi connectivity index (χ0) is 24.6. The quantitative estimate of drug-likeness (QED) is 0.485. The first-order valence-corrected chi connectivity index (χ1v) is 11.4. The molecule has 0 spiro atoms. The third-order valence-electron chi connectivity index (χ3n) is 5.86. The van der Waals surface area contributed by atoms with Crippen LogP contribution in [-0.4, -0.2) is 67.3 Å². The van der Waals surface area contributed by atoms with Gasteiger partial charge in [-0.25, -0.2) is 18.6 Å². The smallest absolute Gasteiger partial charge is 0.321 e. The van der Waals surface area contributed by atoms with Crippen molar-refractivity contribution in [3.63, 3.8) is 0 Å². The molecule has 0 saturated carbocycles. The zero-order valence-electron chi connectivity index (χ0n) is 19.5. The summed E-state index contributed by atoms with van der Waals surface area (Å²) in [6, 6.07) is 15.8. The minimum absolute atomic E-state index is 0.170. The Morgan fingerprint density at radius 2 is 1.51 bits per heavy atom. The Morgan fingerprint density at radius 1 is 0.914 bits per heavy atom. The molecule has 1 aliphatic rings. The van der Waals surface area contributed by atoms with Gasteiger partial charge < -0.3 is 19.7 Å². The summed E-state index contributed by atoms with van der Waals surface area (Å²) in [5, 5.41) is 2.87. The number of halogens is 2. The number of rotatable bonds is 8. The fraction of sp³-hybridized carbons (Fsp3) is 0.308. The van der Waals surface area contributed by atoms with E-state index in [2.05, 4.69) is 15.2 Å². The number of nitrogens with zero attached hydrogens (tertiary/aromatic N) is 3. The number of anilines is 1. The third-order valence-corrected chi connectivity index (χ3v) is 5.86. The van der Waals surface area contributed by atoms with Crippen LogP contribution in [0.1, 0.15) is 17.2 Å². The molecule has 2 heterocycles. The maximum atomic E-state index is 13.5. The van der Waals surface area contributed by atoms with Crippen molar-refractivity contribution >= 4 is 11.7 Å². The van der Waals surface area contributed by atoms with E-state index in [0.717, 1.165) is 11.1 Å². The summed E-state index contributed by atoms with van der Waals surface area (Å²) in [6.07, 6.45) is 1.55. The molecule has 1 saturated heterocycles. The third kappa shape index (κ3) is 6.52. The summed E-state index contributed by atoms with van der Waals surface area (Å²) in [4.78, 5) is 20.9. The second kappa shape index (κ2) is 11.7. The van der Waals surface area contributed by atoms with Crippen LogP contribution in [0.2, 0.25) is 0 Å². The van der Waals surface area contributed by atoms with Crippen LogP contribution in [0.3, 0.4) is 0 Å². The molecule has 35 heavy (non-hydrogen) atoms. The Labute approximate surface area is 203 Å². The Bertz CT molecular complexity index is 1040. The second-order valence-corrected chi connectivity index (χ2v) is 8.19. The number of nitrogens with one attached hydrogen (secondary N) is 1. The van der Waals surface area contributed by atoms with E-state index < -0.39 is 0 Å². The summed E-state index contributed by atoms with van der Waals surface area (Å²) in [5.41, 5.74) is 2.40. The molecule has 3 aromatic rings.